The molecule has 4 atom stereocenters. The molecule has 0 amide bonds. The molecule has 2 aromatic rings. The van der Waals surface area contributed by atoms with Crippen LogP contribution in [-0.2, 0) is 17.8 Å². The zero-order valence-electron chi connectivity index (χ0n) is 16.9. The van der Waals surface area contributed by atoms with E-state index in [1.165, 1.54) is 7.11 Å². The van der Waals surface area contributed by atoms with E-state index in [1.807, 2.05) is 0 Å². The van der Waals surface area contributed by atoms with Gasteiger partial charge in [0.15, 0.2) is 0 Å². The predicted molar refractivity (Wildman–Crippen MR) is 105 cm³/mol. The van der Waals surface area contributed by atoms with E-state index in [0.29, 0.717) is 23.1 Å². The van der Waals surface area contributed by atoms with Gasteiger partial charge in [0.25, 0.3) is 0 Å². The van der Waals surface area contributed by atoms with Crippen molar-refractivity contribution < 1.29 is 19.4 Å². The number of esters is 1. The van der Waals surface area contributed by atoms with Crippen LogP contribution in [0.3, 0.4) is 0 Å². The van der Waals surface area contributed by atoms with Crippen molar-refractivity contribution in [2.75, 3.05) is 20.2 Å². The Balaban J connectivity index is 1.36. The number of aryl methyl sites for hydroxylation is 1. The number of carbonyl (C=O) groups is 1. The molecule has 0 radical (unpaired) electrons. The smallest absolute Gasteiger partial charge is 0.337 e. The third-order valence-corrected chi connectivity index (χ3v) is 6.12. The van der Waals surface area contributed by atoms with E-state index in [-0.39, 0.29) is 12.1 Å². The number of ether oxygens (including phenoxy) is 2. The van der Waals surface area contributed by atoms with Gasteiger partial charge in [0, 0.05) is 19.6 Å². The summed E-state index contributed by atoms with van der Waals surface area (Å²) in [6.45, 7) is 5.70. The van der Waals surface area contributed by atoms with Gasteiger partial charge in [-0.05, 0) is 55.9 Å². The molecule has 1 saturated heterocycles. The molecule has 2 heterocycles. The largest absolute Gasteiger partial charge is 0.488 e. The zero-order valence-corrected chi connectivity index (χ0v) is 16.9. The number of carbonyl (C=O) groups excluding carboxylic acids is 1. The third kappa shape index (κ3) is 4.28. The van der Waals surface area contributed by atoms with Gasteiger partial charge in [0.1, 0.15) is 24.0 Å². The van der Waals surface area contributed by atoms with Gasteiger partial charge >= 0.3 is 5.97 Å². The van der Waals surface area contributed by atoms with Crippen LogP contribution >= 0.6 is 0 Å². The topological polar surface area (TPSA) is 89.7 Å². The summed E-state index contributed by atoms with van der Waals surface area (Å²) in [6.07, 6.45) is 2.61. The van der Waals surface area contributed by atoms with Gasteiger partial charge in [-0.15, -0.1) is 10.2 Å². The van der Waals surface area contributed by atoms with Crippen LogP contribution in [0.1, 0.15) is 35.9 Å². The normalized spacial score (nSPS) is 26.9. The lowest BCUT2D eigenvalue weighted by Gasteiger charge is -2.35. The Hall–Kier alpha value is -2.45. The Bertz CT molecular complexity index is 837. The number of aromatic nitrogens is 3. The molecule has 1 N–H and O–H groups in total. The minimum atomic E-state index is -0.490. The van der Waals surface area contributed by atoms with Crippen LogP contribution in [0.25, 0.3) is 0 Å². The summed E-state index contributed by atoms with van der Waals surface area (Å²) in [7, 11) is 1.36. The second kappa shape index (κ2) is 8.51. The highest BCUT2D eigenvalue weighted by atomic mass is 16.5. The number of rotatable bonds is 6. The number of hydrogen-bond donors (Lipinski definition) is 1. The summed E-state index contributed by atoms with van der Waals surface area (Å²) >= 11 is 0. The van der Waals surface area contributed by atoms with E-state index in [1.54, 1.807) is 30.6 Å². The number of methoxy groups -OCH3 is 1. The average Bonchev–Trinajstić information content (AvgIpc) is 3.34. The highest BCUT2D eigenvalue weighted by Gasteiger charge is 2.42. The van der Waals surface area contributed by atoms with Gasteiger partial charge in [-0.25, -0.2) is 4.79 Å². The first kappa shape index (κ1) is 19.8. The van der Waals surface area contributed by atoms with Gasteiger partial charge in [0.05, 0.1) is 25.3 Å². The lowest BCUT2D eigenvalue weighted by Crippen LogP contribution is -2.42. The number of aliphatic hydroxyl groups is 1. The Kier molecular flexibility index (Phi) is 5.82. The van der Waals surface area contributed by atoms with Crippen LogP contribution < -0.4 is 4.74 Å². The number of aliphatic hydroxyl groups excluding tert-OH is 1. The first-order valence-electron chi connectivity index (χ1n) is 10.2. The van der Waals surface area contributed by atoms with Crippen molar-refractivity contribution >= 4 is 5.97 Å². The van der Waals surface area contributed by atoms with Crippen LogP contribution in [0.5, 0.6) is 5.75 Å². The fourth-order valence-corrected chi connectivity index (χ4v) is 4.57. The number of likely N-dealkylation sites (tertiary alicyclic amines) is 1. The van der Waals surface area contributed by atoms with Crippen LogP contribution in [0.4, 0.5) is 0 Å². The van der Waals surface area contributed by atoms with E-state index in [2.05, 4.69) is 26.6 Å². The van der Waals surface area contributed by atoms with Crippen molar-refractivity contribution in [1.82, 2.24) is 19.7 Å². The van der Waals surface area contributed by atoms with Gasteiger partial charge in [0.2, 0.25) is 0 Å². The highest BCUT2D eigenvalue weighted by Crippen LogP contribution is 2.38. The molecule has 2 fully saturated rings. The summed E-state index contributed by atoms with van der Waals surface area (Å²) < 4.78 is 12.9. The Morgan fingerprint density at radius 1 is 1.21 bits per heavy atom. The summed E-state index contributed by atoms with van der Waals surface area (Å²) in [6, 6.07) is 6.87. The molecule has 156 valence electrons. The molecule has 8 nitrogen and oxygen atoms in total. The molecule has 0 unspecified atom stereocenters. The fraction of sp³-hybridized carbons (Fsp3) is 0.571. The maximum Gasteiger partial charge on any atom is 0.337 e. The quantitative estimate of drug-likeness (QED) is 0.739. The van der Waals surface area contributed by atoms with E-state index in [0.717, 1.165) is 44.8 Å². The lowest BCUT2D eigenvalue weighted by molar-refractivity contribution is -0.0231. The van der Waals surface area contributed by atoms with Crippen molar-refractivity contribution in [3.63, 3.8) is 0 Å². The maximum absolute atomic E-state index is 11.6. The molecule has 0 bridgehead atoms. The standard InChI is InChI=1S/C21H28N4O4/c1-3-25-13-22-23-20(25)12-24-10-15-8-18(26)19(9-16(15)11-24)29-17-6-4-14(5-7-17)21(27)28-2/h4-7,13,15-16,18-19,26H,3,8-12H2,1-2H3/t15-,16+,18-,19-/m0/s1. The van der Waals surface area contributed by atoms with Gasteiger partial charge in [-0.3, -0.25) is 4.90 Å². The molecule has 8 heteroatoms. The van der Waals surface area contributed by atoms with E-state index in [4.69, 9.17) is 9.47 Å². The van der Waals surface area contributed by atoms with Gasteiger partial charge in [-0.1, -0.05) is 0 Å². The van der Waals surface area contributed by atoms with Gasteiger partial charge in [-0.2, -0.15) is 0 Å². The molecular weight excluding hydrogens is 372 g/mol. The highest BCUT2D eigenvalue weighted by molar-refractivity contribution is 5.89. The van der Waals surface area contributed by atoms with Crippen molar-refractivity contribution in [3.8, 4) is 5.75 Å². The fourth-order valence-electron chi connectivity index (χ4n) is 4.57. The lowest BCUT2D eigenvalue weighted by atomic mass is 9.78. The van der Waals surface area contributed by atoms with Crippen LogP contribution in [-0.4, -0.2) is 63.1 Å². The molecular formula is C21H28N4O4. The minimum Gasteiger partial charge on any atom is -0.488 e. The number of nitrogens with zero attached hydrogens (tertiary/aromatic N) is 4. The first-order chi connectivity index (χ1) is 14.1. The monoisotopic (exact) mass is 400 g/mol. The van der Waals surface area contributed by atoms with Crippen molar-refractivity contribution in [1.29, 1.82) is 0 Å². The average molecular weight is 400 g/mol. The van der Waals surface area contributed by atoms with E-state index in [9.17, 15) is 9.90 Å². The molecule has 29 heavy (non-hydrogen) atoms. The number of fused-ring (bicyclic) bond motifs is 1. The third-order valence-electron chi connectivity index (χ3n) is 6.12. The van der Waals surface area contributed by atoms with E-state index >= 15 is 0 Å². The first-order valence-corrected chi connectivity index (χ1v) is 10.2. The van der Waals surface area contributed by atoms with Crippen molar-refractivity contribution in [3.05, 3.63) is 42.0 Å². The van der Waals surface area contributed by atoms with E-state index < -0.39 is 6.10 Å². The van der Waals surface area contributed by atoms with Crippen molar-refractivity contribution in [2.24, 2.45) is 11.8 Å². The SMILES string of the molecule is CCn1cnnc1CN1C[C@H]2C[C@H](Oc3ccc(C(=O)OC)cc3)[C@@H](O)C[C@H]2C1. The second-order valence-electron chi connectivity index (χ2n) is 7.96. The molecule has 4 rings (SSSR count). The van der Waals surface area contributed by atoms with Gasteiger partial charge < -0.3 is 19.1 Å². The van der Waals surface area contributed by atoms with Crippen LogP contribution in [0, 0.1) is 11.8 Å². The van der Waals surface area contributed by atoms with Crippen LogP contribution in [0.15, 0.2) is 30.6 Å². The molecule has 0 spiro atoms. The number of hydrogen-bond acceptors (Lipinski definition) is 7. The molecule has 1 aliphatic heterocycles. The van der Waals surface area contributed by atoms with Crippen molar-refractivity contribution in [2.45, 2.75) is 45.1 Å². The summed E-state index contributed by atoms with van der Waals surface area (Å²) in [5.74, 6) is 2.25. The minimum absolute atomic E-state index is 0.237. The second-order valence-corrected chi connectivity index (χ2v) is 7.96. The summed E-state index contributed by atoms with van der Waals surface area (Å²) in [5, 5.41) is 18.9. The molecule has 1 aromatic heterocycles. The molecule has 1 aliphatic carbocycles. The van der Waals surface area contributed by atoms with Crippen LogP contribution in [0.2, 0.25) is 0 Å². The maximum atomic E-state index is 11.6. The zero-order chi connectivity index (χ0) is 20.4. The molecule has 1 saturated carbocycles. The molecule has 1 aromatic carbocycles. The molecule has 2 aliphatic rings. The Morgan fingerprint density at radius 2 is 1.93 bits per heavy atom. The Morgan fingerprint density at radius 3 is 2.62 bits per heavy atom. The summed E-state index contributed by atoms with van der Waals surface area (Å²) in [5.41, 5.74) is 0.482. The predicted octanol–water partition coefficient (Wildman–Crippen LogP) is 1.73. The Labute approximate surface area is 170 Å². The summed E-state index contributed by atoms with van der Waals surface area (Å²) in [4.78, 5) is 14.0. The number of benzene rings is 1.